The van der Waals surface area contributed by atoms with E-state index < -0.39 is 6.10 Å². The van der Waals surface area contributed by atoms with Crippen molar-refractivity contribution in [1.82, 2.24) is 0 Å². The van der Waals surface area contributed by atoms with Crippen LogP contribution in [0, 0.1) is 5.92 Å². The van der Waals surface area contributed by atoms with Gasteiger partial charge in [-0.1, -0.05) is 272 Å². The van der Waals surface area contributed by atoms with E-state index in [-0.39, 0.29) is 31.1 Å². The van der Waals surface area contributed by atoms with Crippen molar-refractivity contribution in [2.75, 3.05) is 13.2 Å². The summed E-state index contributed by atoms with van der Waals surface area (Å²) in [6.07, 6.45) is 52.3. The second-order valence-corrected chi connectivity index (χ2v) is 19.3. The quantitative estimate of drug-likeness (QED) is 0.0344. The van der Waals surface area contributed by atoms with Crippen LogP contribution in [0.5, 0.6) is 0 Å². The molecule has 0 aliphatic heterocycles. The molecular formula is C55H106O6. The highest BCUT2D eigenvalue weighted by Crippen LogP contribution is 2.17. The van der Waals surface area contributed by atoms with Crippen molar-refractivity contribution in [3.05, 3.63) is 0 Å². The molecule has 0 heterocycles. The lowest BCUT2D eigenvalue weighted by Crippen LogP contribution is -2.30. The molecule has 0 aliphatic carbocycles. The van der Waals surface area contributed by atoms with Gasteiger partial charge in [0.2, 0.25) is 0 Å². The van der Waals surface area contributed by atoms with Crippen LogP contribution in [0.2, 0.25) is 0 Å². The second-order valence-electron chi connectivity index (χ2n) is 19.3. The van der Waals surface area contributed by atoms with Crippen LogP contribution in [0.3, 0.4) is 0 Å². The minimum Gasteiger partial charge on any atom is -0.462 e. The zero-order valence-corrected chi connectivity index (χ0v) is 41.6. The molecule has 1 atom stereocenters. The van der Waals surface area contributed by atoms with Gasteiger partial charge < -0.3 is 14.2 Å². The molecule has 0 bridgehead atoms. The van der Waals surface area contributed by atoms with Crippen LogP contribution in [0.1, 0.15) is 310 Å². The maximum atomic E-state index is 12.8. The van der Waals surface area contributed by atoms with E-state index in [1.807, 2.05) is 0 Å². The SMILES string of the molecule is CCCCCCCCCCCCCCCCCCC(=O)OC[C@H](COC(=O)CCCCCCCCCCCC)OC(=O)CCCCCCCCCCCCCCCCC(C)C. The lowest BCUT2D eigenvalue weighted by molar-refractivity contribution is -0.167. The monoisotopic (exact) mass is 863 g/mol. The fourth-order valence-electron chi connectivity index (χ4n) is 8.39. The van der Waals surface area contributed by atoms with Gasteiger partial charge >= 0.3 is 17.9 Å². The Morgan fingerprint density at radius 3 is 0.803 bits per heavy atom. The lowest BCUT2D eigenvalue weighted by atomic mass is 10.0. The first-order valence-corrected chi connectivity index (χ1v) is 27.4. The van der Waals surface area contributed by atoms with Crippen molar-refractivity contribution in [1.29, 1.82) is 0 Å². The molecule has 0 radical (unpaired) electrons. The number of rotatable bonds is 50. The molecule has 6 nitrogen and oxygen atoms in total. The summed E-state index contributed by atoms with van der Waals surface area (Å²) >= 11 is 0. The molecule has 6 heteroatoms. The Hall–Kier alpha value is -1.59. The first kappa shape index (κ1) is 59.4. The molecule has 0 aromatic heterocycles. The first-order valence-electron chi connectivity index (χ1n) is 27.4. The fourth-order valence-corrected chi connectivity index (χ4v) is 8.39. The number of carbonyl (C=O) groups is 3. The predicted molar refractivity (Wildman–Crippen MR) is 261 cm³/mol. The summed E-state index contributed by atoms with van der Waals surface area (Å²) in [5.74, 6) is 0.00245. The molecule has 362 valence electrons. The van der Waals surface area contributed by atoms with E-state index in [1.165, 1.54) is 205 Å². The van der Waals surface area contributed by atoms with Crippen molar-refractivity contribution in [3.63, 3.8) is 0 Å². The minimum absolute atomic E-state index is 0.0622. The van der Waals surface area contributed by atoms with Gasteiger partial charge in [-0.05, 0) is 25.2 Å². The van der Waals surface area contributed by atoms with Gasteiger partial charge in [-0.3, -0.25) is 14.4 Å². The van der Waals surface area contributed by atoms with Gasteiger partial charge in [-0.2, -0.15) is 0 Å². The smallest absolute Gasteiger partial charge is 0.306 e. The molecule has 61 heavy (non-hydrogen) atoms. The Labute approximate surface area is 380 Å². The molecule has 0 saturated carbocycles. The summed E-state index contributed by atoms with van der Waals surface area (Å²) in [6, 6.07) is 0. The van der Waals surface area contributed by atoms with Crippen molar-refractivity contribution in [2.24, 2.45) is 5.92 Å². The lowest BCUT2D eigenvalue weighted by Gasteiger charge is -2.18. The van der Waals surface area contributed by atoms with Gasteiger partial charge in [0, 0.05) is 19.3 Å². The third kappa shape index (κ3) is 49.3. The Balaban J connectivity index is 4.26. The number of esters is 3. The standard InChI is InChI=1S/C55H106O6/c1-5-7-9-11-13-15-17-18-19-20-24-27-31-35-39-43-47-54(57)60-50-52(49-59-53(56)46-42-38-34-30-16-14-12-10-8-6-2)61-55(58)48-44-40-36-32-28-25-22-21-23-26-29-33-37-41-45-51(3)4/h51-52H,5-50H2,1-4H3/t52-/m0/s1. The van der Waals surface area contributed by atoms with Crippen LogP contribution in [0.25, 0.3) is 0 Å². The maximum Gasteiger partial charge on any atom is 0.306 e. The third-order valence-corrected chi connectivity index (χ3v) is 12.5. The highest BCUT2D eigenvalue weighted by molar-refractivity contribution is 5.71. The molecule has 0 aromatic carbocycles. The Morgan fingerprint density at radius 2 is 0.541 bits per heavy atom. The van der Waals surface area contributed by atoms with Crippen LogP contribution in [-0.4, -0.2) is 37.2 Å². The third-order valence-electron chi connectivity index (χ3n) is 12.5. The van der Waals surface area contributed by atoms with Crippen molar-refractivity contribution >= 4 is 17.9 Å². The fraction of sp³-hybridized carbons (Fsp3) is 0.945. The highest BCUT2D eigenvalue weighted by atomic mass is 16.6. The average Bonchev–Trinajstić information content (AvgIpc) is 3.24. The normalized spacial score (nSPS) is 12.0. The highest BCUT2D eigenvalue weighted by Gasteiger charge is 2.19. The Morgan fingerprint density at radius 1 is 0.311 bits per heavy atom. The van der Waals surface area contributed by atoms with E-state index >= 15 is 0 Å². The van der Waals surface area contributed by atoms with Gasteiger partial charge in [0.05, 0.1) is 0 Å². The van der Waals surface area contributed by atoms with Gasteiger partial charge in [-0.15, -0.1) is 0 Å². The Kier molecular flexibility index (Phi) is 48.1. The van der Waals surface area contributed by atoms with Crippen molar-refractivity contribution in [3.8, 4) is 0 Å². The molecule has 0 amide bonds. The number of ether oxygens (including phenoxy) is 3. The van der Waals surface area contributed by atoms with E-state index in [0.29, 0.717) is 19.3 Å². The van der Waals surface area contributed by atoms with E-state index in [0.717, 1.165) is 63.7 Å². The molecule has 0 rings (SSSR count). The summed E-state index contributed by atoms with van der Waals surface area (Å²) in [4.78, 5) is 38.0. The van der Waals surface area contributed by atoms with E-state index in [4.69, 9.17) is 14.2 Å². The number of hydrogen-bond acceptors (Lipinski definition) is 6. The number of hydrogen-bond donors (Lipinski definition) is 0. The van der Waals surface area contributed by atoms with Gasteiger partial charge in [0.25, 0.3) is 0 Å². The Bertz CT molecular complexity index is 918. The summed E-state index contributed by atoms with van der Waals surface area (Å²) in [6.45, 7) is 9.04. The van der Waals surface area contributed by atoms with Crippen LogP contribution in [0.4, 0.5) is 0 Å². The van der Waals surface area contributed by atoms with Gasteiger partial charge in [0.15, 0.2) is 6.10 Å². The van der Waals surface area contributed by atoms with E-state index in [2.05, 4.69) is 27.7 Å². The van der Waals surface area contributed by atoms with Crippen LogP contribution >= 0.6 is 0 Å². The van der Waals surface area contributed by atoms with Crippen molar-refractivity contribution in [2.45, 2.75) is 316 Å². The van der Waals surface area contributed by atoms with E-state index in [1.54, 1.807) is 0 Å². The average molecular weight is 863 g/mol. The topological polar surface area (TPSA) is 78.9 Å². The maximum absolute atomic E-state index is 12.8. The zero-order chi connectivity index (χ0) is 44.5. The van der Waals surface area contributed by atoms with E-state index in [9.17, 15) is 14.4 Å². The van der Waals surface area contributed by atoms with Gasteiger partial charge in [-0.25, -0.2) is 0 Å². The van der Waals surface area contributed by atoms with Gasteiger partial charge in [0.1, 0.15) is 13.2 Å². The molecule has 0 N–H and O–H groups in total. The molecular weight excluding hydrogens is 757 g/mol. The van der Waals surface area contributed by atoms with Crippen LogP contribution in [-0.2, 0) is 28.6 Å². The molecule has 0 saturated heterocycles. The largest absolute Gasteiger partial charge is 0.462 e. The second kappa shape index (κ2) is 49.4. The summed E-state index contributed by atoms with van der Waals surface area (Å²) in [7, 11) is 0. The molecule has 0 aromatic rings. The van der Waals surface area contributed by atoms with Crippen LogP contribution < -0.4 is 0 Å². The number of unbranched alkanes of at least 4 members (excludes halogenated alkanes) is 37. The first-order chi connectivity index (χ1) is 29.9. The molecule has 0 aliphatic rings. The minimum atomic E-state index is -0.760. The molecule has 0 spiro atoms. The molecule has 0 unspecified atom stereocenters. The summed E-state index contributed by atoms with van der Waals surface area (Å²) in [5, 5.41) is 0. The van der Waals surface area contributed by atoms with Crippen LogP contribution in [0.15, 0.2) is 0 Å². The summed E-state index contributed by atoms with van der Waals surface area (Å²) < 4.78 is 16.8. The number of carbonyl (C=O) groups excluding carboxylic acids is 3. The summed E-state index contributed by atoms with van der Waals surface area (Å²) in [5.41, 5.74) is 0. The molecule has 0 fully saturated rings. The predicted octanol–water partition coefficient (Wildman–Crippen LogP) is 17.8. The van der Waals surface area contributed by atoms with Crippen molar-refractivity contribution < 1.29 is 28.6 Å². The zero-order valence-electron chi connectivity index (χ0n) is 41.6.